The Hall–Kier alpha value is -3.47. The average molecular weight is 424 g/mol. The third kappa shape index (κ3) is 4.04. The number of anilines is 1. The highest BCUT2D eigenvalue weighted by atomic mass is 35.5. The Morgan fingerprint density at radius 2 is 1.97 bits per heavy atom. The van der Waals surface area contributed by atoms with Crippen LogP contribution < -0.4 is 16.6 Å². The van der Waals surface area contributed by atoms with Gasteiger partial charge in [0.2, 0.25) is 0 Å². The molecule has 0 saturated carbocycles. The van der Waals surface area contributed by atoms with E-state index in [0.717, 1.165) is 10.6 Å². The van der Waals surface area contributed by atoms with E-state index < -0.39 is 42.1 Å². The number of hydrogen-bond acceptors (Lipinski definition) is 6. The normalized spacial score (nSPS) is 10.9. The van der Waals surface area contributed by atoms with Crippen molar-refractivity contribution >= 4 is 40.3 Å². The number of rotatable bonds is 5. The molecule has 0 aliphatic rings. The molecule has 1 N–H and O–H groups in total. The van der Waals surface area contributed by atoms with Crippen molar-refractivity contribution in [2.75, 3.05) is 11.9 Å². The van der Waals surface area contributed by atoms with Gasteiger partial charge in [-0.1, -0.05) is 11.6 Å². The molecule has 0 radical (unpaired) electrons. The maximum Gasteiger partial charge on any atom is 0.332 e. The van der Waals surface area contributed by atoms with Crippen molar-refractivity contribution in [1.82, 2.24) is 18.7 Å². The van der Waals surface area contributed by atoms with Crippen LogP contribution in [0.15, 0.2) is 34.1 Å². The van der Waals surface area contributed by atoms with Gasteiger partial charge < -0.3 is 14.6 Å². The second-order valence-corrected chi connectivity index (χ2v) is 6.52. The SMILES string of the molecule is Cn1c(=O)c2c(ncn2CC(=O)OCC(=O)Nc2ccc(Cl)cc2F)n(C)c1=O. The van der Waals surface area contributed by atoms with Gasteiger partial charge in [0, 0.05) is 19.1 Å². The van der Waals surface area contributed by atoms with Crippen molar-refractivity contribution < 1.29 is 18.7 Å². The number of ether oxygens (including phenoxy) is 1. The molecule has 0 bridgehead atoms. The number of halogens is 2. The molecule has 0 spiro atoms. The molecule has 2 aromatic heterocycles. The van der Waals surface area contributed by atoms with Crippen LogP contribution in [0.3, 0.4) is 0 Å². The molecule has 0 saturated heterocycles. The Balaban J connectivity index is 1.68. The molecular formula is C17H15ClFN5O5. The minimum atomic E-state index is -0.827. The molecule has 1 aromatic carbocycles. The van der Waals surface area contributed by atoms with Gasteiger partial charge in [-0.2, -0.15) is 0 Å². The first kappa shape index (κ1) is 20.3. The predicted octanol–water partition coefficient (Wildman–Crippen LogP) is 0.408. The fraction of sp³-hybridized carbons (Fsp3) is 0.235. The second-order valence-electron chi connectivity index (χ2n) is 6.08. The minimum absolute atomic E-state index is 0.0410. The van der Waals surface area contributed by atoms with Gasteiger partial charge >= 0.3 is 11.7 Å². The fourth-order valence-corrected chi connectivity index (χ4v) is 2.78. The Bertz CT molecular complexity index is 1250. The number of fused-ring (bicyclic) bond motifs is 1. The lowest BCUT2D eigenvalue weighted by Gasteiger charge is -2.09. The monoisotopic (exact) mass is 423 g/mol. The van der Waals surface area contributed by atoms with E-state index in [1.165, 1.54) is 41.7 Å². The Morgan fingerprint density at radius 3 is 2.66 bits per heavy atom. The molecule has 10 nitrogen and oxygen atoms in total. The van der Waals surface area contributed by atoms with Crippen LogP contribution in [-0.4, -0.2) is 37.2 Å². The van der Waals surface area contributed by atoms with E-state index in [0.29, 0.717) is 0 Å². The zero-order chi connectivity index (χ0) is 21.3. The van der Waals surface area contributed by atoms with Crippen LogP contribution in [0.2, 0.25) is 5.02 Å². The van der Waals surface area contributed by atoms with E-state index in [1.807, 2.05) is 0 Å². The van der Waals surface area contributed by atoms with Gasteiger partial charge in [0.05, 0.1) is 12.0 Å². The number of aryl methyl sites for hydroxylation is 1. The summed E-state index contributed by atoms with van der Waals surface area (Å²) in [6, 6.07) is 3.69. The van der Waals surface area contributed by atoms with Crippen molar-refractivity contribution in [2.45, 2.75) is 6.54 Å². The van der Waals surface area contributed by atoms with E-state index in [2.05, 4.69) is 10.3 Å². The molecule has 0 atom stereocenters. The smallest absolute Gasteiger partial charge is 0.332 e. The summed E-state index contributed by atoms with van der Waals surface area (Å²) in [5.74, 6) is -2.32. The zero-order valence-electron chi connectivity index (χ0n) is 15.3. The Labute approximate surface area is 167 Å². The fourth-order valence-electron chi connectivity index (χ4n) is 2.62. The van der Waals surface area contributed by atoms with E-state index in [9.17, 15) is 23.6 Å². The van der Waals surface area contributed by atoms with Crippen molar-refractivity contribution in [1.29, 1.82) is 0 Å². The van der Waals surface area contributed by atoms with Crippen LogP contribution in [0.4, 0.5) is 10.1 Å². The minimum Gasteiger partial charge on any atom is -0.454 e. The van der Waals surface area contributed by atoms with Gasteiger partial charge in [-0.3, -0.25) is 23.5 Å². The molecule has 2 heterocycles. The van der Waals surface area contributed by atoms with Gasteiger partial charge in [0.25, 0.3) is 11.5 Å². The summed E-state index contributed by atoms with van der Waals surface area (Å²) in [6.45, 7) is -1.07. The first-order chi connectivity index (χ1) is 13.7. The van der Waals surface area contributed by atoms with Crippen LogP contribution in [0.1, 0.15) is 0 Å². The molecule has 1 amide bonds. The topological polar surface area (TPSA) is 117 Å². The van der Waals surface area contributed by atoms with Crippen LogP contribution >= 0.6 is 11.6 Å². The van der Waals surface area contributed by atoms with Crippen LogP contribution in [0, 0.1) is 5.82 Å². The van der Waals surface area contributed by atoms with E-state index >= 15 is 0 Å². The number of carbonyl (C=O) groups excluding carboxylic acids is 2. The first-order valence-corrected chi connectivity index (χ1v) is 8.58. The highest BCUT2D eigenvalue weighted by Crippen LogP contribution is 2.18. The average Bonchev–Trinajstić information content (AvgIpc) is 3.09. The summed E-state index contributed by atoms with van der Waals surface area (Å²) in [7, 11) is 2.75. The molecule has 0 aliphatic heterocycles. The standard InChI is InChI=1S/C17H15ClFN5O5/c1-22-15-14(16(27)23(2)17(22)28)24(8-20-15)6-13(26)29-7-12(25)21-11-4-3-9(18)5-10(11)19/h3-5,8H,6-7H2,1-2H3,(H,21,25). The summed E-state index contributed by atoms with van der Waals surface area (Å²) in [5.41, 5.74) is -1.13. The van der Waals surface area contributed by atoms with Crippen LogP contribution in [0.5, 0.6) is 0 Å². The summed E-state index contributed by atoms with van der Waals surface area (Å²) in [6.07, 6.45) is 1.22. The van der Waals surface area contributed by atoms with E-state index in [4.69, 9.17) is 16.3 Å². The summed E-state index contributed by atoms with van der Waals surface area (Å²) >= 11 is 5.63. The molecule has 0 unspecified atom stereocenters. The number of amides is 1. The third-order valence-corrected chi connectivity index (χ3v) is 4.32. The zero-order valence-corrected chi connectivity index (χ0v) is 16.1. The van der Waals surface area contributed by atoms with Crippen molar-refractivity contribution in [2.24, 2.45) is 14.1 Å². The number of benzene rings is 1. The molecule has 152 valence electrons. The summed E-state index contributed by atoms with van der Waals surface area (Å²) < 4.78 is 21.8. The number of esters is 1. The lowest BCUT2D eigenvalue weighted by atomic mass is 10.3. The van der Waals surface area contributed by atoms with Gasteiger partial charge in [0.1, 0.15) is 12.4 Å². The number of nitrogens with zero attached hydrogens (tertiary/aromatic N) is 4. The van der Waals surface area contributed by atoms with Crippen molar-refractivity contribution in [3.8, 4) is 0 Å². The van der Waals surface area contributed by atoms with Gasteiger partial charge in [-0.25, -0.2) is 14.2 Å². The number of imidazole rings is 1. The van der Waals surface area contributed by atoms with Crippen LogP contribution in [0.25, 0.3) is 11.2 Å². The van der Waals surface area contributed by atoms with E-state index in [-0.39, 0.29) is 21.9 Å². The van der Waals surface area contributed by atoms with Gasteiger partial charge in [0.15, 0.2) is 17.8 Å². The van der Waals surface area contributed by atoms with Gasteiger partial charge in [-0.05, 0) is 18.2 Å². The highest BCUT2D eigenvalue weighted by Gasteiger charge is 2.17. The Kier molecular flexibility index (Phi) is 5.50. The van der Waals surface area contributed by atoms with E-state index in [1.54, 1.807) is 0 Å². The number of aromatic nitrogens is 4. The maximum absolute atomic E-state index is 13.7. The molecular weight excluding hydrogens is 409 g/mol. The van der Waals surface area contributed by atoms with Crippen LogP contribution in [-0.2, 0) is 35.0 Å². The number of nitrogens with one attached hydrogen (secondary N) is 1. The molecule has 29 heavy (non-hydrogen) atoms. The first-order valence-electron chi connectivity index (χ1n) is 8.20. The number of hydrogen-bond donors (Lipinski definition) is 1. The molecule has 0 aliphatic carbocycles. The summed E-state index contributed by atoms with van der Waals surface area (Å²) in [5, 5.41) is 2.42. The highest BCUT2D eigenvalue weighted by molar-refractivity contribution is 6.30. The molecule has 12 heteroatoms. The predicted molar refractivity (Wildman–Crippen MR) is 101 cm³/mol. The largest absolute Gasteiger partial charge is 0.454 e. The molecule has 3 aromatic rings. The number of carbonyl (C=O) groups is 2. The maximum atomic E-state index is 13.7. The molecule has 0 fully saturated rings. The molecule has 3 rings (SSSR count). The second kappa shape index (κ2) is 7.87. The van der Waals surface area contributed by atoms with Crippen molar-refractivity contribution in [3.63, 3.8) is 0 Å². The lowest BCUT2D eigenvalue weighted by molar-refractivity contribution is -0.147. The quantitative estimate of drug-likeness (QED) is 0.594. The summed E-state index contributed by atoms with van der Waals surface area (Å²) in [4.78, 5) is 52.1. The van der Waals surface area contributed by atoms with Crippen molar-refractivity contribution in [3.05, 3.63) is 56.2 Å². The Morgan fingerprint density at radius 1 is 1.24 bits per heavy atom. The van der Waals surface area contributed by atoms with Gasteiger partial charge in [-0.15, -0.1) is 0 Å². The third-order valence-electron chi connectivity index (χ3n) is 4.09. The lowest BCUT2D eigenvalue weighted by Crippen LogP contribution is -2.37.